The van der Waals surface area contributed by atoms with Crippen molar-refractivity contribution in [2.45, 2.75) is 45.4 Å². The molecule has 0 saturated carbocycles. The average Bonchev–Trinajstić information content (AvgIpc) is 2.56. The lowest BCUT2D eigenvalue weighted by atomic mass is 9.97. The number of hydrogen-bond acceptors (Lipinski definition) is 3. The first-order valence-electron chi connectivity index (χ1n) is 8.71. The average molecular weight is 387 g/mol. The quantitative estimate of drug-likeness (QED) is 0.817. The molecule has 1 heterocycles. The number of sulfonamides is 1. The minimum atomic E-state index is -3.45. The van der Waals surface area contributed by atoms with E-state index in [1.807, 2.05) is 6.92 Å². The molecule has 1 aromatic carbocycles. The third-order valence-electron chi connectivity index (χ3n) is 4.78. The fourth-order valence-corrected chi connectivity index (χ4v) is 4.54. The van der Waals surface area contributed by atoms with Crippen LogP contribution in [0.2, 0.25) is 5.02 Å². The van der Waals surface area contributed by atoms with Crippen LogP contribution in [0.1, 0.15) is 39.2 Å². The number of rotatable bonds is 6. The normalized spacial score (nSPS) is 20.4. The van der Waals surface area contributed by atoms with Crippen LogP contribution < -0.4 is 5.32 Å². The number of piperidine rings is 1. The summed E-state index contributed by atoms with van der Waals surface area (Å²) < 4.78 is 26.9. The molecule has 25 heavy (non-hydrogen) atoms. The van der Waals surface area contributed by atoms with Crippen LogP contribution in [0.3, 0.4) is 0 Å². The molecule has 2 atom stereocenters. The molecular weight excluding hydrogens is 360 g/mol. The van der Waals surface area contributed by atoms with Crippen LogP contribution in [0.4, 0.5) is 0 Å². The first kappa shape index (κ1) is 20.2. The Morgan fingerprint density at radius 3 is 2.52 bits per heavy atom. The number of nitrogens with one attached hydrogen (secondary N) is 1. The second kappa shape index (κ2) is 8.52. The molecule has 1 saturated heterocycles. The number of carbonyl (C=O) groups is 1. The van der Waals surface area contributed by atoms with Gasteiger partial charge in [-0.2, -0.15) is 0 Å². The maximum absolute atomic E-state index is 12.7. The summed E-state index contributed by atoms with van der Waals surface area (Å²) in [6, 6.07) is 6.89. The van der Waals surface area contributed by atoms with E-state index in [-0.39, 0.29) is 30.2 Å². The number of hydrogen-bond donors (Lipinski definition) is 1. The minimum Gasteiger partial charge on any atom is -0.353 e. The van der Waals surface area contributed by atoms with E-state index in [0.717, 1.165) is 6.42 Å². The Morgan fingerprint density at radius 1 is 1.28 bits per heavy atom. The highest BCUT2D eigenvalue weighted by molar-refractivity contribution is 7.88. The fraction of sp³-hybridized carbons (Fsp3) is 0.611. The van der Waals surface area contributed by atoms with Crippen LogP contribution in [0, 0.1) is 11.8 Å². The number of nitrogens with zero attached hydrogens (tertiary/aromatic N) is 1. The van der Waals surface area contributed by atoms with Crippen LogP contribution >= 0.6 is 11.6 Å². The summed E-state index contributed by atoms with van der Waals surface area (Å²) in [6.45, 7) is 6.80. The molecular formula is C18H27ClN2O3S. The standard InChI is InChI=1S/C18H27ClN2O3S/c1-13(2)14(3)20-18(22)16-5-4-10-21(11-16)25(23,24)12-15-6-8-17(19)9-7-15/h6-9,13-14,16H,4-5,10-12H2,1-3H3,(H,20,22)/t14-,16+/m1/s1. The van der Waals surface area contributed by atoms with Gasteiger partial charge in [0.2, 0.25) is 15.9 Å². The first-order chi connectivity index (χ1) is 11.7. The van der Waals surface area contributed by atoms with Gasteiger partial charge in [0.1, 0.15) is 0 Å². The van der Waals surface area contributed by atoms with E-state index in [4.69, 9.17) is 11.6 Å². The second-order valence-electron chi connectivity index (χ2n) is 7.12. The van der Waals surface area contributed by atoms with Gasteiger partial charge in [-0.25, -0.2) is 12.7 Å². The van der Waals surface area contributed by atoms with Crippen molar-refractivity contribution < 1.29 is 13.2 Å². The van der Waals surface area contributed by atoms with E-state index in [0.29, 0.717) is 29.5 Å². The van der Waals surface area contributed by atoms with E-state index in [1.54, 1.807) is 24.3 Å². The van der Waals surface area contributed by atoms with Gasteiger partial charge in [-0.05, 0) is 43.4 Å². The zero-order valence-electron chi connectivity index (χ0n) is 15.0. The monoisotopic (exact) mass is 386 g/mol. The van der Waals surface area contributed by atoms with E-state index in [9.17, 15) is 13.2 Å². The molecule has 0 spiro atoms. The Morgan fingerprint density at radius 2 is 1.92 bits per heavy atom. The molecule has 140 valence electrons. The third-order valence-corrected chi connectivity index (χ3v) is 6.85. The smallest absolute Gasteiger partial charge is 0.224 e. The van der Waals surface area contributed by atoms with Crippen molar-refractivity contribution in [2.75, 3.05) is 13.1 Å². The lowest BCUT2D eigenvalue weighted by Crippen LogP contribution is -2.48. The zero-order chi connectivity index (χ0) is 18.6. The number of carbonyl (C=O) groups excluding carboxylic acids is 1. The van der Waals surface area contributed by atoms with Crippen molar-refractivity contribution in [1.82, 2.24) is 9.62 Å². The largest absolute Gasteiger partial charge is 0.353 e. The summed E-state index contributed by atoms with van der Waals surface area (Å²) >= 11 is 5.84. The number of halogens is 1. The van der Waals surface area contributed by atoms with E-state index in [2.05, 4.69) is 19.2 Å². The Balaban J connectivity index is 2.01. The highest BCUT2D eigenvalue weighted by Crippen LogP contribution is 2.22. The SMILES string of the molecule is CC(C)[C@@H](C)NC(=O)[C@H]1CCCN(S(=O)(=O)Cc2ccc(Cl)cc2)C1. The van der Waals surface area contributed by atoms with E-state index >= 15 is 0 Å². The van der Waals surface area contributed by atoms with Gasteiger partial charge in [0.05, 0.1) is 11.7 Å². The Kier molecular flexibility index (Phi) is 6.88. The van der Waals surface area contributed by atoms with E-state index in [1.165, 1.54) is 4.31 Å². The topological polar surface area (TPSA) is 66.5 Å². The molecule has 0 aliphatic carbocycles. The van der Waals surface area contributed by atoms with Crippen LogP contribution in [-0.2, 0) is 20.6 Å². The molecule has 1 amide bonds. The van der Waals surface area contributed by atoms with Gasteiger partial charge in [-0.15, -0.1) is 0 Å². The van der Waals surface area contributed by atoms with Crippen LogP contribution in [0.15, 0.2) is 24.3 Å². The minimum absolute atomic E-state index is 0.0485. The number of amides is 1. The molecule has 1 aliphatic rings. The molecule has 0 bridgehead atoms. The lowest BCUT2D eigenvalue weighted by Gasteiger charge is -2.32. The Bertz CT molecular complexity index is 689. The third kappa shape index (κ3) is 5.69. The summed E-state index contributed by atoms with van der Waals surface area (Å²) in [5, 5.41) is 3.58. The summed E-state index contributed by atoms with van der Waals surface area (Å²) in [6.07, 6.45) is 1.43. The van der Waals surface area contributed by atoms with Gasteiger partial charge in [-0.3, -0.25) is 4.79 Å². The van der Waals surface area contributed by atoms with Crippen molar-refractivity contribution in [3.05, 3.63) is 34.9 Å². The van der Waals surface area contributed by atoms with Gasteiger partial charge in [0.15, 0.2) is 0 Å². The van der Waals surface area contributed by atoms with Crippen molar-refractivity contribution in [3.8, 4) is 0 Å². The maximum atomic E-state index is 12.7. The predicted octanol–water partition coefficient (Wildman–Crippen LogP) is 3.04. The highest BCUT2D eigenvalue weighted by atomic mass is 35.5. The van der Waals surface area contributed by atoms with Crippen molar-refractivity contribution in [1.29, 1.82) is 0 Å². The molecule has 1 fully saturated rings. The predicted molar refractivity (Wildman–Crippen MR) is 101 cm³/mol. The molecule has 7 heteroatoms. The molecule has 1 N–H and O–H groups in total. The fourth-order valence-electron chi connectivity index (χ4n) is 2.80. The molecule has 1 aliphatic heterocycles. The molecule has 0 radical (unpaired) electrons. The lowest BCUT2D eigenvalue weighted by molar-refractivity contribution is -0.127. The molecule has 0 unspecified atom stereocenters. The molecule has 2 rings (SSSR count). The zero-order valence-corrected chi connectivity index (χ0v) is 16.6. The van der Waals surface area contributed by atoms with E-state index < -0.39 is 10.0 Å². The van der Waals surface area contributed by atoms with Crippen LogP contribution in [0.25, 0.3) is 0 Å². The van der Waals surface area contributed by atoms with Crippen LogP contribution in [-0.4, -0.2) is 37.8 Å². The Hall–Kier alpha value is -1.11. The van der Waals surface area contributed by atoms with Crippen LogP contribution in [0.5, 0.6) is 0 Å². The maximum Gasteiger partial charge on any atom is 0.224 e. The number of benzene rings is 1. The summed E-state index contributed by atoms with van der Waals surface area (Å²) in [4.78, 5) is 12.4. The summed E-state index contributed by atoms with van der Waals surface area (Å²) in [5.74, 6) is -0.0548. The van der Waals surface area contributed by atoms with Gasteiger partial charge < -0.3 is 5.32 Å². The molecule has 1 aromatic rings. The second-order valence-corrected chi connectivity index (χ2v) is 9.53. The van der Waals surface area contributed by atoms with Crippen molar-refractivity contribution in [2.24, 2.45) is 11.8 Å². The van der Waals surface area contributed by atoms with Crippen molar-refractivity contribution >= 4 is 27.5 Å². The molecule has 0 aromatic heterocycles. The molecule has 5 nitrogen and oxygen atoms in total. The Labute approximate surface area is 155 Å². The van der Waals surface area contributed by atoms with Gasteiger partial charge in [0.25, 0.3) is 0 Å². The summed E-state index contributed by atoms with van der Waals surface area (Å²) in [7, 11) is -3.45. The van der Waals surface area contributed by atoms with Gasteiger partial charge in [0, 0.05) is 24.2 Å². The van der Waals surface area contributed by atoms with Gasteiger partial charge >= 0.3 is 0 Å². The van der Waals surface area contributed by atoms with Crippen molar-refractivity contribution in [3.63, 3.8) is 0 Å². The van der Waals surface area contributed by atoms with Gasteiger partial charge in [-0.1, -0.05) is 37.6 Å². The highest BCUT2D eigenvalue weighted by Gasteiger charge is 2.32. The first-order valence-corrected chi connectivity index (χ1v) is 10.7. The summed E-state index contributed by atoms with van der Waals surface area (Å²) in [5.41, 5.74) is 0.699.